The number of carbonyl (C=O) groups is 2. The Kier molecular flexibility index (Phi) is 6.38. The van der Waals surface area contributed by atoms with Crippen molar-refractivity contribution < 1.29 is 19.1 Å². The first-order valence-corrected chi connectivity index (χ1v) is 9.85. The third-order valence-electron chi connectivity index (χ3n) is 4.03. The van der Waals surface area contributed by atoms with E-state index in [0.717, 1.165) is 11.1 Å². The molecule has 0 radical (unpaired) electrons. The number of rotatable bonds is 6. The third-order valence-corrected chi connectivity index (χ3v) is 4.03. The van der Waals surface area contributed by atoms with Crippen molar-refractivity contribution in [2.24, 2.45) is 0 Å². The number of fused-ring (bicyclic) bond motifs is 1. The highest BCUT2D eigenvalue weighted by atomic mass is 16.6. The largest absolute Gasteiger partial charge is 0.478 e. The summed E-state index contributed by atoms with van der Waals surface area (Å²) in [5.41, 5.74) is 1.59. The quantitative estimate of drug-likeness (QED) is 0.645. The minimum absolute atomic E-state index is 0.135. The van der Waals surface area contributed by atoms with Crippen molar-refractivity contribution in [3.05, 3.63) is 36.7 Å². The number of amides is 2. The fraction of sp³-hybridized carbons (Fsp3) is 0.381. The predicted molar refractivity (Wildman–Crippen MR) is 115 cm³/mol. The molecule has 2 amide bonds. The Hall–Kier alpha value is -3.69. The number of pyridine rings is 2. The Morgan fingerprint density at radius 1 is 1.23 bits per heavy atom. The summed E-state index contributed by atoms with van der Waals surface area (Å²) in [7, 11) is 1.49. The summed E-state index contributed by atoms with van der Waals surface area (Å²) in [6.07, 6.45) is 2.87. The molecule has 10 nitrogen and oxygen atoms in total. The average molecular weight is 426 g/mol. The molecule has 0 aliphatic heterocycles. The maximum atomic E-state index is 12.3. The standard InChI is InChI=1S/C21H26N6O4/c1-6-30-18-15(8-7-11-22-18)14-9-10-16-23-19(25-27(16)12-14)24-17(28)13-26(5)20(29)31-21(2,3)4/h7-12H,6,13H2,1-5H3,(H,24,25,28). The van der Waals surface area contributed by atoms with Gasteiger partial charge < -0.3 is 14.4 Å². The summed E-state index contributed by atoms with van der Waals surface area (Å²) in [4.78, 5) is 34.1. The number of carbonyl (C=O) groups excluding carboxylic acids is 2. The number of nitrogens with one attached hydrogen (secondary N) is 1. The molecular weight excluding hydrogens is 400 g/mol. The van der Waals surface area contributed by atoms with Gasteiger partial charge in [-0.05, 0) is 52.0 Å². The molecule has 0 aliphatic carbocycles. The van der Waals surface area contributed by atoms with Crippen LogP contribution in [-0.4, -0.2) is 62.3 Å². The van der Waals surface area contributed by atoms with Gasteiger partial charge >= 0.3 is 6.09 Å². The molecule has 3 heterocycles. The van der Waals surface area contributed by atoms with Gasteiger partial charge in [0, 0.05) is 30.6 Å². The minimum atomic E-state index is -0.640. The molecule has 0 saturated carbocycles. The highest BCUT2D eigenvalue weighted by Crippen LogP contribution is 2.28. The SMILES string of the molecule is CCOc1ncccc1-c1ccc2nc(NC(=O)CN(C)C(=O)OC(C)(C)C)nn2c1. The lowest BCUT2D eigenvalue weighted by Crippen LogP contribution is -2.38. The Balaban J connectivity index is 1.72. The molecular formula is C21H26N6O4. The van der Waals surface area contributed by atoms with Gasteiger partial charge in [-0.2, -0.15) is 4.98 Å². The van der Waals surface area contributed by atoms with E-state index in [1.807, 2.05) is 25.1 Å². The van der Waals surface area contributed by atoms with Gasteiger partial charge in [-0.3, -0.25) is 10.1 Å². The molecule has 3 aromatic heterocycles. The number of likely N-dealkylation sites (N-methyl/N-ethyl adjacent to an activating group) is 1. The predicted octanol–water partition coefficient (Wildman–Crippen LogP) is 3.00. The zero-order valence-electron chi connectivity index (χ0n) is 18.2. The van der Waals surface area contributed by atoms with E-state index in [1.54, 1.807) is 43.7 Å². The lowest BCUT2D eigenvalue weighted by molar-refractivity contribution is -0.117. The van der Waals surface area contributed by atoms with Gasteiger partial charge in [0.1, 0.15) is 12.1 Å². The van der Waals surface area contributed by atoms with Crippen LogP contribution in [0.2, 0.25) is 0 Å². The van der Waals surface area contributed by atoms with Crippen molar-refractivity contribution in [2.75, 3.05) is 25.5 Å². The number of hydrogen-bond donors (Lipinski definition) is 1. The van der Waals surface area contributed by atoms with E-state index < -0.39 is 17.6 Å². The molecule has 3 aromatic rings. The van der Waals surface area contributed by atoms with Crippen LogP contribution in [0.1, 0.15) is 27.7 Å². The van der Waals surface area contributed by atoms with Crippen LogP contribution in [0.15, 0.2) is 36.7 Å². The second kappa shape index (κ2) is 8.99. The summed E-state index contributed by atoms with van der Waals surface area (Å²) in [5.74, 6) is 0.231. The highest BCUT2D eigenvalue weighted by Gasteiger charge is 2.21. The van der Waals surface area contributed by atoms with Crippen molar-refractivity contribution in [2.45, 2.75) is 33.3 Å². The summed E-state index contributed by atoms with van der Waals surface area (Å²) >= 11 is 0. The van der Waals surface area contributed by atoms with E-state index in [1.165, 1.54) is 11.9 Å². The Morgan fingerprint density at radius 2 is 2.00 bits per heavy atom. The molecule has 0 atom stereocenters. The summed E-state index contributed by atoms with van der Waals surface area (Å²) in [6.45, 7) is 7.49. The fourth-order valence-corrected chi connectivity index (χ4v) is 2.74. The zero-order chi connectivity index (χ0) is 22.6. The molecule has 10 heteroatoms. The molecule has 0 saturated heterocycles. The average Bonchev–Trinajstić information content (AvgIpc) is 3.08. The highest BCUT2D eigenvalue weighted by molar-refractivity contribution is 5.92. The maximum Gasteiger partial charge on any atom is 0.410 e. The molecule has 0 unspecified atom stereocenters. The molecule has 3 rings (SSSR count). The molecule has 31 heavy (non-hydrogen) atoms. The van der Waals surface area contributed by atoms with Crippen molar-refractivity contribution >= 4 is 23.6 Å². The number of anilines is 1. The first kappa shape index (κ1) is 22.0. The monoisotopic (exact) mass is 426 g/mol. The lowest BCUT2D eigenvalue weighted by Gasteiger charge is -2.24. The molecule has 0 aliphatic rings. The van der Waals surface area contributed by atoms with E-state index in [2.05, 4.69) is 20.4 Å². The van der Waals surface area contributed by atoms with E-state index in [0.29, 0.717) is 18.1 Å². The smallest absolute Gasteiger partial charge is 0.410 e. The van der Waals surface area contributed by atoms with Crippen LogP contribution in [-0.2, 0) is 9.53 Å². The van der Waals surface area contributed by atoms with Crippen LogP contribution >= 0.6 is 0 Å². The minimum Gasteiger partial charge on any atom is -0.478 e. The summed E-state index contributed by atoms with van der Waals surface area (Å²) < 4.78 is 12.4. The van der Waals surface area contributed by atoms with Crippen LogP contribution in [0.25, 0.3) is 16.8 Å². The second-order valence-corrected chi connectivity index (χ2v) is 7.83. The van der Waals surface area contributed by atoms with Gasteiger partial charge in [0.2, 0.25) is 17.7 Å². The number of hydrogen-bond acceptors (Lipinski definition) is 7. The van der Waals surface area contributed by atoms with Crippen molar-refractivity contribution in [1.29, 1.82) is 0 Å². The Morgan fingerprint density at radius 3 is 2.71 bits per heavy atom. The molecule has 1 N–H and O–H groups in total. The van der Waals surface area contributed by atoms with Crippen molar-refractivity contribution in [3.63, 3.8) is 0 Å². The van der Waals surface area contributed by atoms with Gasteiger partial charge in [-0.1, -0.05) is 0 Å². The van der Waals surface area contributed by atoms with E-state index >= 15 is 0 Å². The number of ether oxygens (including phenoxy) is 2. The van der Waals surface area contributed by atoms with Gasteiger partial charge in [0.05, 0.1) is 6.61 Å². The Bertz CT molecular complexity index is 1090. The van der Waals surface area contributed by atoms with Crippen LogP contribution in [0, 0.1) is 0 Å². The first-order valence-electron chi connectivity index (χ1n) is 9.85. The normalized spacial score (nSPS) is 11.3. The number of aromatic nitrogens is 4. The maximum absolute atomic E-state index is 12.3. The van der Waals surface area contributed by atoms with Gasteiger partial charge in [-0.25, -0.2) is 14.3 Å². The molecule has 0 aromatic carbocycles. The molecule has 0 fully saturated rings. The lowest BCUT2D eigenvalue weighted by atomic mass is 10.1. The van der Waals surface area contributed by atoms with Crippen molar-refractivity contribution in [3.8, 4) is 17.0 Å². The Labute approximate surface area is 180 Å². The van der Waals surface area contributed by atoms with Gasteiger partial charge in [0.15, 0.2) is 5.65 Å². The van der Waals surface area contributed by atoms with E-state index in [-0.39, 0.29) is 12.5 Å². The van der Waals surface area contributed by atoms with E-state index in [9.17, 15) is 9.59 Å². The zero-order valence-corrected chi connectivity index (χ0v) is 18.2. The second-order valence-electron chi connectivity index (χ2n) is 7.83. The van der Waals surface area contributed by atoms with Gasteiger partial charge in [-0.15, -0.1) is 5.10 Å². The summed E-state index contributed by atoms with van der Waals surface area (Å²) in [5, 5.41) is 6.91. The molecule has 0 spiro atoms. The van der Waals surface area contributed by atoms with E-state index in [4.69, 9.17) is 9.47 Å². The van der Waals surface area contributed by atoms with Crippen LogP contribution in [0.5, 0.6) is 5.88 Å². The number of nitrogens with zero attached hydrogens (tertiary/aromatic N) is 5. The topological polar surface area (TPSA) is 111 Å². The first-order chi connectivity index (χ1) is 14.7. The van der Waals surface area contributed by atoms with Crippen LogP contribution in [0.4, 0.5) is 10.7 Å². The van der Waals surface area contributed by atoms with Gasteiger partial charge in [0.25, 0.3) is 0 Å². The third kappa shape index (κ3) is 5.68. The fourth-order valence-electron chi connectivity index (χ4n) is 2.74. The van der Waals surface area contributed by atoms with Crippen molar-refractivity contribution in [1.82, 2.24) is 24.5 Å². The molecule has 164 valence electrons. The van der Waals surface area contributed by atoms with Crippen LogP contribution < -0.4 is 10.1 Å². The van der Waals surface area contributed by atoms with Crippen LogP contribution in [0.3, 0.4) is 0 Å². The molecule has 0 bridgehead atoms. The summed E-state index contributed by atoms with van der Waals surface area (Å²) in [6, 6.07) is 7.40.